The lowest BCUT2D eigenvalue weighted by Crippen LogP contribution is -2.17. The van der Waals surface area contributed by atoms with Crippen molar-refractivity contribution in [2.75, 3.05) is 5.32 Å². The van der Waals surface area contributed by atoms with E-state index in [1.54, 1.807) is 18.2 Å². The maximum atomic E-state index is 12.1. The van der Waals surface area contributed by atoms with Crippen molar-refractivity contribution in [2.45, 2.75) is 17.7 Å². The largest absolute Gasteiger partial charge is 0.573 e. The standard InChI is InChI=1S/C17H14F3NO4S/c18-17(19,20)25-14-5-1-11(2-6-14)9-16(22)21-13-4-3-12-7-8-26(23,24)15(12)10-13/h1-8,10,23-24H,9H2,(H,21,22). The van der Waals surface area contributed by atoms with Gasteiger partial charge in [-0.05, 0) is 41.5 Å². The SMILES string of the molecule is O=C(Cc1ccc(OC(F)(F)F)cc1)Nc1ccc2c(c1)S(O)(O)C=C2. The van der Waals surface area contributed by atoms with Crippen molar-refractivity contribution >= 4 is 28.3 Å². The van der Waals surface area contributed by atoms with Gasteiger partial charge in [-0.15, -0.1) is 23.8 Å². The number of carbonyl (C=O) groups excluding carboxylic acids is 1. The highest BCUT2D eigenvalue weighted by atomic mass is 32.3. The number of fused-ring (bicyclic) bond motifs is 1. The molecule has 0 atom stereocenters. The molecule has 0 saturated heterocycles. The van der Waals surface area contributed by atoms with Crippen molar-refractivity contribution in [3.8, 4) is 5.75 Å². The van der Waals surface area contributed by atoms with Crippen molar-refractivity contribution in [3.05, 3.63) is 59.0 Å². The second-order valence-corrected chi connectivity index (χ2v) is 7.46. The van der Waals surface area contributed by atoms with Gasteiger partial charge in [0.05, 0.1) is 11.3 Å². The van der Waals surface area contributed by atoms with E-state index in [4.69, 9.17) is 0 Å². The average Bonchev–Trinajstić information content (AvgIpc) is 2.83. The lowest BCUT2D eigenvalue weighted by Gasteiger charge is -2.25. The van der Waals surface area contributed by atoms with Gasteiger partial charge < -0.3 is 10.1 Å². The molecule has 5 nitrogen and oxygen atoms in total. The second kappa shape index (κ2) is 6.67. The first-order chi connectivity index (χ1) is 12.1. The Morgan fingerprint density at radius 1 is 1.12 bits per heavy atom. The number of anilines is 1. The van der Waals surface area contributed by atoms with Crippen LogP contribution in [0.15, 0.2) is 52.8 Å². The number of halogens is 3. The Hall–Kier alpha value is -2.49. The summed E-state index contributed by atoms with van der Waals surface area (Å²) in [6.07, 6.45) is -3.23. The molecule has 0 radical (unpaired) electrons. The maximum Gasteiger partial charge on any atom is 0.573 e. The molecule has 138 valence electrons. The molecule has 0 spiro atoms. The van der Waals surface area contributed by atoms with E-state index in [-0.39, 0.29) is 12.2 Å². The highest BCUT2D eigenvalue weighted by Crippen LogP contribution is 2.56. The summed E-state index contributed by atoms with van der Waals surface area (Å²) in [5, 5.41) is 3.94. The summed E-state index contributed by atoms with van der Waals surface area (Å²) in [6.45, 7) is 0. The number of nitrogens with one attached hydrogen (secondary N) is 1. The van der Waals surface area contributed by atoms with Gasteiger partial charge in [-0.25, -0.2) is 0 Å². The number of rotatable bonds is 4. The third kappa shape index (κ3) is 4.37. The number of amides is 1. The first-order valence-corrected chi connectivity index (χ1v) is 8.98. The minimum Gasteiger partial charge on any atom is -0.406 e. The summed E-state index contributed by atoms with van der Waals surface area (Å²) in [5.74, 6) is -0.755. The summed E-state index contributed by atoms with van der Waals surface area (Å²) in [7, 11) is -2.98. The fourth-order valence-electron chi connectivity index (χ4n) is 2.45. The van der Waals surface area contributed by atoms with Crippen LogP contribution in [0.5, 0.6) is 5.75 Å². The predicted molar refractivity (Wildman–Crippen MR) is 92.0 cm³/mol. The fraction of sp³-hybridized carbons (Fsp3) is 0.118. The predicted octanol–water partition coefficient (Wildman–Crippen LogP) is 4.86. The lowest BCUT2D eigenvalue weighted by atomic mass is 10.1. The molecule has 1 heterocycles. The Labute approximate surface area is 148 Å². The number of ether oxygens (including phenoxy) is 1. The van der Waals surface area contributed by atoms with Crippen molar-refractivity contribution < 1.29 is 31.8 Å². The molecular weight excluding hydrogens is 371 g/mol. The molecule has 1 aliphatic rings. The molecule has 2 aromatic rings. The van der Waals surface area contributed by atoms with Crippen LogP contribution in [0.4, 0.5) is 18.9 Å². The minimum atomic E-state index is -4.77. The fourth-order valence-corrected chi connectivity index (χ4v) is 3.72. The average molecular weight is 385 g/mol. The Bertz CT molecular complexity index is 863. The highest BCUT2D eigenvalue weighted by molar-refractivity contribution is 8.27. The van der Waals surface area contributed by atoms with Gasteiger partial charge in [-0.1, -0.05) is 18.2 Å². The van der Waals surface area contributed by atoms with Crippen LogP contribution in [-0.4, -0.2) is 21.4 Å². The van der Waals surface area contributed by atoms with E-state index >= 15 is 0 Å². The number of hydrogen-bond acceptors (Lipinski definition) is 4. The van der Waals surface area contributed by atoms with E-state index < -0.39 is 22.9 Å². The molecule has 0 unspecified atom stereocenters. The van der Waals surface area contributed by atoms with E-state index in [2.05, 4.69) is 10.1 Å². The van der Waals surface area contributed by atoms with Gasteiger partial charge in [-0.3, -0.25) is 13.9 Å². The van der Waals surface area contributed by atoms with Crippen molar-refractivity contribution in [2.24, 2.45) is 0 Å². The summed E-state index contributed by atoms with van der Waals surface area (Å²) < 4.78 is 59.9. The van der Waals surface area contributed by atoms with Crippen molar-refractivity contribution in [3.63, 3.8) is 0 Å². The molecule has 2 aromatic carbocycles. The molecule has 3 N–H and O–H groups in total. The Morgan fingerprint density at radius 2 is 1.81 bits per heavy atom. The Kier molecular flexibility index (Phi) is 4.70. The molecule has 0 aliphatic carbocycles. The normalized spacial score (nSPS) is 16.0. The molecular formula is C17H14F3NO4S. The number of hydrogen-bond donors (Lipinski definition) is 3. The molecule has 1 amide bonds. The van der Waals surface area contributed by atoms with Gasteiger partial charge in [0.2, 0.25) is 5.91 Å². The lowest BCUT2D eigenvalue weighted by molar-refractivity contribution is -0.274. The van der Waals surface area contributed by atoms with E-state index in [9.17, 15) is 27.1 Å². The van der Waals surface area contributed by atoms with Crippen LogP contribution < -0.4 is 10.1 Å². The first kappa shape index (κ1) is 18.3. The van der Waals surface area contributed by atoms with Crippen LogP contribution in [0.25, 0.3) is 6.08 Å². The van der Waals surface area contributed by atoms with Gasteiger partial charge in [0.15, 0.2) is 0 Å². The Morgan fingerprint density at radius 3 is 2.46 bits per heavy atom. The van der Waals surface area contributed by atoms with Crippen LogP contribution in [0, 0.1) is 0 Å². The smallest absolute Gasteiger partial charge is 0.406 e. The molecule has 9 heteroatoms. The Balaban J connectivity index is 1.63. The maximum absolute atomic E-state index is 12.1. The summed E-state index contributed by atoms with van der Waals surface area (Å²) in [6, 6.07) is 9.77. The minimum absolute atomic E-state index is 0.0577. The van der Waals surface area contributed by atoms with Crippen molar-refractivity contribution in [1.29, 1.82) is 0 Å². The number of carbonyl (C=O) groups is 1. The van der Waals surface area contributed by atoms with E-state index in [1.165, 1.54) is 23.6 Å². The van der Waals surface area contributed by atoms with Crippen LogP contribution in [0.2, 0.25) is 0 Å². The van der Waals surface area contributed by atoms with Crippen molar-refractivity contribution in [1.82, 2.24) is 0 Å². The van der Waals surface area contributed by atoms with E-state index in [1.807, 2.05) is 0 Å². The third-order valence-electron chi connectivity index (χ3n) is 3.58. The third-order valence-corrected chi connectivity index (χ3v) is 5.10. The second-order valence-electron chi connectivity index (χ2n) is 5.56. The van der Waals surface area contributed by atoms with Crippen LogP contribution in [0.1, 0.15) is 11.1 Å². The monoisotopic (exact) mass is 385 g/mol. The quantitative estimate of drug-likeness (QED) is 0.702. The molecule has 0 bridgehead atoms. The van der Waals surface area contributed by atoms with Gasteiger partial charge in [0, 0.05) is 11.1 Å². The number of benzene rings is 2. The van der Waals surface area contributed by atoms with Gasteiger partial charge >= 0.3 is 6.36 Å². The zero-order chi connectivity index (χ0) is 18.9. The van der Waals surface area contributed by atoms with Crippen LogP contribution >= 0.6 is 10.6 Å². The summed E-state index contributed by atoms with van der Waals surface area (Å²) >= 11 is 0. The molecule has 0 saturated carbocycles. The van der Waals surface area contributed by atoms with Gasteiger partial charge in [-0.2, -0.15) is 0 Å². The van der Waals surface area contributed by atoms with Gasteiger partial charge in [0.1, 0.15) is 5.75 Å². The topological polar surface area (TPSA) is 78.8 Å². The molecule has 3 rings (SSSR count). The molecule has 26 heavy (non-hydrogen) atoms. The summed E-state index contributed by atoms with van der Waals surface area (Å²) in [4.78, 5) is 12.4. The number of alkyl halides is 3. The van der Waals surface area contributed by atoms with E-state index in [0.29, 0.717) is 21.7 Å². The molecule has 1 aliphatic heterocycles. The first-order valence-electron chi connectivity index (χ1n) is 7.37. The zero-order valence-corrected chi connectivity index (χ0v) is 14.0. The molecule has 0 aromatic heterocycles. The van der Waals surface area contributed by atoms with Gasteiger partial charge in [0.25, 0.3) is 0 Å². The van der Waals surface area contributed by atoms with Crippen LogP contribution in [-0.2, 0) is 11.2 Å². The summed E-state index contributed by atoms with van der Waals surface area (Å²) in [5.41, 5.74) is 1.57. The van der Waals surface area contributed by atoms with Crippen LogP contribution in [0.3, 0.4) is 0 Å². The van der Waals surface area contributed by atoms with E-state index in [0.717, 1.165) is 12.1 Å². The zero-order valence-electron chi connectivity index (χ0n) is 13.2. The highest BCUT2D eigenvalue weighted by Gasteiger charge is 2.31. The molecule has 0 fully saturated rings.